The number of aliphatic hydroxyl groups excluding tert-OH is 1. The van der Waals surface area contributed by atoms with Gasteiger partial charge in [-0.25, -0.2) is 9.78 Å². The predicted molar refractivity (Wildman–Crippen MR) is 79.2 cm³/mol. The van der Waals surface area contributed by atoms with Crippen molar-refractivity contribution < 1.29 is 14.3 Å². The molecule has 1 heterocycles. The van der Waals surface area contributed by atoms with Crippen molar-refractivity contribution in [1.82, 2.24) is 10.3 Å². The molecule has 6 heteroatoms. The minimum Gasteiger partial charge on any atom is -0.441 e. The van der Waals surface area contributed by atoms with Crippen molar-refractivity contribution >= 4 is 22.8 Å². The Hall–Kier alpha value is -2.08. The van der Waals surface area contributed by atoms with Crippen molar-refractivity contribution in [2.45, 2.75) is 44.8 Å². The van der Waals surface area contributed by atoms with E-state index in [0.29, 0.717) is 17.2 Å². The van der Waals surface area contributed by atoms with Gasteiger partial charge < -0.3 is 20.2 Å². The maximum Gasteiger partial charge on any atom is 0.319 e. The zero-order valence-corrected chi connectivity index (χ0v) is 11.9. The third-order valence-electron chi connectivity index (χ3n) is 3.80. The molecule has 1 aliphatic rings. The molecule has 1 saturated carbocycles. The molecule has 3 N–H and O–H groups in total. The number of aryl methyl sites for hydroxylation is 1. The Kier molecular flexibility index (Phi) is 3.79. The van der Waals surface area contributed by atoms with Gasteiger partial charge in [0, 0.05) is 18.7 Å². The highest BCUT2D eigenvalue weighted by Gasteiger charge is 2.24. The van der Waals surface area contributed by atoms with E-state index >= 15 is 0 Å². The van der Waals surface area contributed by atoms with E-state index in [9.17, 15) is 9.90 Å². The number of nitrogens with one attached hydrogen (secondary N) is 2. The van der Waals surface area contributed by atoms with Crippen LogP contribution in [0.15, 0.2) is 22.6 Å². The number of anilines is 1. The second-order valence-corrected chi connectivity index (χ2v) is 5.47. The number of hydrogen-bond acceptors (Lipinski definition) is 4. The molecule has 1 fully saturated rings. The number of fused-ring (bicyclic) bond motifs is 1. The third kappa shape index (κ3) is 3.16. The van der Waals surface area contributed by atoms with Gasteiger partial charge in [0.15, 0.2) is 11.5 Å². The molecule has 2 unspecified atom stereocenters. The zero-order valence-electron chi connectivity index (χ0n) is 11.9. The lowest BCUT2D eigenvalue weighted by Gasteiger charge is -2.28. The number of nitrogens with zero attached hydrogens (tertiary/aromatic N) is 1. The van der Waals surface area contributed by atoms with Gasteiger partial charge in [0.05, 0.1) is 12.1 Å². The van der Waals surface area contributed by atoms with Gasteiger partial charge in [0.2, 0.25) is 0 Å². The monoisotopic (exact) mass is 289 g/mol. The molecule has 21 heavy (non-hydrogen) atoms. The van der Waals surface area contributed by atoms with Crippen molar-refractivity contribution in [2.24, 2.45) is 0 Å². The summed E-state index contributed by atoms with van der Waals surface area (Å²) >= 11 is 0. The highest BCUT2D eigenvalue weighted by molar-refractivity contribution is 5.91. The van der Waals surface area contributed by atoms with Gasteiger partial charge in [-0.15, -0.1) is 0 Å². The van der Waals surface area contributed by atoms with Crippen molar-refractivity contribution in [1.29, 1.82) is 0 Å². The maximum absolute atomic E-state index is 12.0. The number of urea groups is 1. The number of amides is 2. The largest absolute Gasteiger partial charge is 0.441 e. The van der Waals surface area contributed by atoms with Gasteiger partial charge in [-0.3, -0.25) is 0 Å². The molecule has 0 saturated heterocycles. The van der Waals surface area contributed by atoms with Gasteiger partial charge in [-0.1, -0.05) is 12.8 Å². The topological polar surface area (TPSA) is 87.4 Å². The van der Waals surface area contributed by atoms with E-state index < -0.39 is 6.10 Å². The number of aromatic nitrogens is 1. The molecule has 1 aliphatic carbocycles. The lowest BCUT2D eigenvalue weighted by Crippen LogP contribution is -2.46. The Labute approximate surface area is 122 Å². The SMILES string of the molecule is Cc1nc2ccc(NC(=O)NC3CCCCC3O)cc2o1. The molecule has 2 atom stereocenters. The first-order valence-corrected chi connectivity index (χ1v) is 7.24. The Morgan fingerprint density at radius 3 is 3.00 bits per heavy atom. The highest BCUT2D eigenvalue weighted by Crippen LogP contribution is 2.21. The van der Waals surface area contributed by atoms with Gasteiger partial charge in [-0.05, 0) is 25.0 Å². The molecular formula is C15H19N3O3. The van der Waals surface area contributed by atoms with Crippen LogP contribution in [0.3, 0.4) is 0 Å². The van der Waals surface area contributed by atoms with Crippen LogP contribution in [0.25, 0.3) is 11.1 Å². The normalized spacial score (nSPS) is 22.2. The fraction of sp³-hybridized carbons (Fsp3) is 0.467. The van der Waals surface area contributed by atoms with Crippen LogP contribution in [0.4, 0.5) is 10.5 Å². The van der Waals surface area contributed by atoms with E-state index in [4.69, 9.17) is 4.42 Å². The Balaban J connectivity index is 1.65. The fourth-order valence-corrected chi connectivity index (χ4v) is 2.73. The van der Waals surface area contributed by atoms with Crippen molar-refractivity contribution in [3.8, 4) is 0 Å². The van der Waals surface area contributed by atoms with Gasteiger partial charge in [-0.2, -0.15) is 0 Å². The van der Waals surface area contributed by atoms with Crippen LogP contribution in [0.1, 0.15) is 31.6 Å². The summed E-state index contributed by atoms with van der Waals surface area (Å²) in [5.41, 5.74) is 2.05. The number of carbonyl (C=O) groups excluding carboxylic acids is 1. The highest BCUT2D eigenvalue weighted by atomic mass is 16.3. The Morgan fingerprint density at radius 2 is 2.19 bits per heavy atom. The number of benzene rings is 1. The summed E-state index contributed by atoms with van der Waals surface area (Å²) in [6.07, 6.45) is 3.15. The van der Waals surface area contributed by atoms with Crippen LogP contribution in [0.5, 0.6) is 0 Å². The summed E-state index contributed by atoms with van der Waals surface area (Å²) in [6, 6.07) is 4.84. The zero-order chi connectivity index (χ0) is 14.8. The summed E-state index contributed by atoms with van der Waals surface area (Å²) in [5.74, 6) is 0.594. The first-order chi connectivity index (χ1) is 10.1. The number of carbonyl (C=O) groups is 1. The Bertz CT molecular complexity index is 653. The van der Waals surface area contributed by atoms with Crippen LogP contribution >= 0.6 is 0 Å². The average Bonchev–Trinajstić information content (AvgIpc) is 2.80. The van der Waals surface area contributed by atoms with Crippen molar-refractivity contribution in [3.63, 3.8) is 0 Å². The van der Waals surface area contributed by atoms with Crippen LogP contribution in [-0.2, 0) is 0 Å². The van der Waals surface area contributed by atoms with E-state index in [1.807, 2.05) is 0 Å². The average molecular weight is 289 g/mol. The van der Waals surface area contributed by atoms with Crippen LogP contribution in [0.2, 0.25) is 0 Å². The molecule has 1 aromatic heterocycles. The number of hydrogen-bond donors (Lipinski definition) is 3. The lowest BCUT2D eigenvalue weighted by molar-refractivity contribution is 0.0955. The van der Waals surface area contributed by atoms with E-state index in [2.05, 4.69) is 15.6 Å². The molecule has 1 aromatic carbocycles. The first kappa shape index (κ1) is 13.9. The summed E-state index contributed by atoms with van der Waals surface area (Å²) in [5, 5.41) is 15.4. The summed E-state index contributed by atoms with van der Waals surface area (Å²) in [7, 11) is 0. The minimum absolute atomic E-state index is 0.171. The molecule has 3 rings (SSSR count). The molecular weight excluding hydrogens is 270 g/mol. The molecule has 0 radical (unpaired) electrons. The lowest BCUT2D eigenvalue weighted by atomic mass is 9.93. The number of aliphatic hydroxyl groups is 1. The molecule has 6 nitrogen and oxygen atoms in total. The van der Waals surface area contributed by atoms with Crippen molar-refractivity contribution in [2.75, 3.05) is 5.32 Å². The van der Waals surface area contributed by atoms with E-state index in [-0.39, 0.29) is 12.1 Å². The van der Waals surface area contributed by atoms with Gasteiger partial charge in [0.1, 0.15) is 5.52 Å². The standard InChI is InChI=1S/C15H19N3O3/c1-9-16-12-7-6-10(8-14(12)21-9)17-15(20)18-11-4-2-3-5-13(11)19/h6-8,11,13,19H,2-5H2,1H3,(H2,17,18,20). The fourth-order valence-electron chi connectivity index (χ4n) is 2.73. The quantitative estimate of drug-likeness (QED) is 0.793. The van der Waals surface area contributed by atoms with Crippen LogP contribution in [-0.4, -0.2) is 28.3 Å². The van der Waals surface area contributed by atoms with E-state index in [0.717, 1.165) is 31.2 Å². The van der Waals surface area contributed by atoms with Gasteiger partial charge >= 0.3 is 6.03 Å². The van der Waals surface area contributed by atoms with Crippen LogP contribution < -0.4 is 10.6 Å². The molecule has 2 aromatic rings. The summed E-state index contributed by atoms with van der Waals surface area (Å²) < 4.78 is 5.43. The van der Waals surface area contributed by atoms with E-state index in [1.165, 1.54) is 0 Å². The summed E-state index contributed by atoms with van der Waals surface area (Å²) in [6.45, 7) is 1.78. The molecule has 112 valence electrons. The Morgan fingerprint density at radius 1 is 1.38 bits per heavy atom. The first-order valence-electron chi connectivity index (χ1n) is 7.24. The number of rotatable bonds is 2. The molecule has 0 aliphatic heterocycles. The molecule has 0 bridgehead atoms. The van der Waals surface area contributed by atoms with Gasteiger partial charge in [0.25, 0.3) is 0 Å². The smallest absolute Gasteiger partial charge is 0.319 e. The maximum atomic E-state index is 12.0. The minimum atomic E-state index is -0.455. The van der Waals surface area contributed by atoms with E-state index in [1.54, 1.807) is 25.1 Å². The summed E-state index contributed by atoms with van der Waals surface area (Å²) in [4.78, 5) is 16.2. The number of oxazole rings is 1. The third-order valence-corrected chi connectivity index (χ3v) is 3.80. The predicted octanol–water partition coefficient (Wildman–Crippen LogP) is 2.56. The second kappa shape index (κ2) is 5.73. The van der Waals surface area contributed by atoms with Crippen molar-refractivity contribution in [3.05, 3.63) is 24.1 Å². The van der Waals surface area contributed by atoms with Crippen LogP contribution in [0, 0.1) is 6.92 Å². The molecule has 0 spiro atoms. The molecule has 2 amide bonds. The second-order valence-electron chi connectivity index (χ2n) is 5.47.